The van der Waals surface area contributed by atoms with Crippen LogP contribution in [0.15, 0.2) is 12.4 Å². The van der Waals surface area contributed by atoms with E-state index in [1.807, 2.05) is 13.0 Å². The molecule has 0 saturated heterocycles. The Hall–Kier alpha value is -1.32. The average molecular weight is 235 g/mol. The van der Waals surface area contributed by atoms with E-state index in [9.17, 15) is 0 Å². The molecular weight excluding hydrogens is 214 g/mol. The molecule has 2 rings (SSSR count). The standard InChI is InChI=1S/C13H21N3O/c1-3-17-13-8-12(14-9-15-13)16-11-7-5-4-6-10(11)2/h8-11H,3-7H2,1-2H3,(H,14,15,16). The van der Waals surface area contributed by atoms with Gasteiger partial charge in [-0.15, -0.1) is 0 Å². The predicted octanol–water partition coefficient (Wildman–Crippen LogP) is 2.87. The minimum absolute atomic E-state index is 0.535. The molecule has 1 N–H and O–H groups in total. The number of ether oxygens (including phenoxy) is 1. The topological polar surface area (TPSA) is 47.0 Å². The monoisotopic (exact) mass is 235 g/mol. The summed E-state index contributed by atoms with van der Waals surface area (Å²) in [7, 11) is 0. The Balaban J connectivity index is 1.99. The molecule has 2 unspecified atom stereocenters. The van der Waals surface area contributed by atoms with Crippen molar-refractivity contribution in [3.63, 3.8) is 0 Å². The van der Waals surface area contributed by atoms with Gasteiger partial charge >= 0.3 is 0 Å². The van der Waals surface area contributed by atoms with Gasteiger partial charge in [-0.05, 0) is 25.7 Å². The number of aromatic nitrogens is 2. The lowest BCUT2D eigenvalue weighted by Crippen LogP contribution is -2.30. The van der Waals surface area contributed by atoms with Crippen LogP contribution in [-0.2, 0) is 0 Å². The summed E-state index contributed by atoms with van der Waals surface area (Å²) in [4.78, 5) is 8.32. The molecule has 0 bridgehead atoms. The summed E-state index contributed by atoms with van der Waals surface area (Å²) in [6.45, 7) is 4.90. The zero-order valence-electron chi connectivity index (χ0n) is 10.6. The van der Waals surface area contributed by atoms with Crippen molar-refractivity contribution >= 4 is 5.82 Å². The number of nitrogens with zero attached hydrogens (tertiary/aromatic N) is 2. The van der Waals surface area contributed by atoms with Gasteiger partial charge in [0.05, 0.1) is 6.61 Å². The Morgan fingerprint density at radius 3 is 2.94 bits per heavy atom. The van der Waals surface area contributed by atoms with Crippen LogP contribution in [0.2, 0.25) is 0 Å². The predicted molar refractivity (Wildman–Crippen MR) is 68.2 cm³/mol. The van der Waals surface area contributed by atoms with Gasteiger partial charge in [-0.3, -0.25) is 0 Å². The van der Waals surface area contributed by atoms with Gasteiger partial charge in [-0.1, -0.05) is 19.8 Å². The second-order valence-corrected chi connectivity index (χ2v) is 4.69. The van der Waals surface area contributed by atoms with Crippen molar-refractivity contribution in [1.29, 1.82) is 0 Å². The van der Waals surface area contributed by atoms with Gasteiger partial charge in [-0.25, -0.2) is 9.97 Å². The molecule has 1 aliphatic carbocycles. The fourth-order valence-corrected chi connectivity index (χ4v) is 2.37. The van der Waals surface area contributed by atoms with Gasteiger partial charge in [-0.2, -0.15) is 0 Å². The summed E-state index contributed by atoms with van der Waals surface area (Å²) in [6.07, 6.45) is 6.76. The highest BCUT2D eigenvalue weighted by Crippen LogP contribution is 2.26. The van der Waals surface area contributed by atoms with E-state index in [0.29, 0.717) is 24.4 Å². The Morgan fingerprint density at radius 2 is 2.18 bits per heavy atom. The minimum atomic E-state index is 0.535. The Labute approximate surface area is 103 Å². The van der Waals surface area contributed by atoms with Crippen molar-refractivity contribution in [3.05, 3.63) is 12.4 Å². The summed E-state index contributed by atoms with van der Waals surface area (Å²) in [5.41, 5.74) is 0. The van der Waals surface area contributed by atoms with Crippen molar-refractivity contribution < 1.29 is 4.74 Å². The highest BCUT2D eigenvalue weighted by Gasteiger charge is 2.21. The lowest BCUT2D eigenvalue weighted by Gasteiger charge is -2.29. The van der Waals surface area contributed by atoms with Crippen LogP contribution < -0.4 is 10.1 Å². The van der Waals surface area contributed by atoms with Crippen LogP contribution in [0.3, 0.4) is 0 Å². The van der Waals surface area contributed by atoms with Crippen LogP contribution in [0.4, 0.5) is 5.82 Å². The fraction of sp³-hybridized carbons (Fsp3) is 0.692. The van der Waals surface area contributed by atoms with Crippen LogP contribution in [0, 0.1) is 5.92 Å². The second kappa shape index (κ2) is 5.84. The zero-order chi connectivity index (χ0) is 12.1. The summed E-state index contributed by atoms with van der Waals surface area (Å²) in [5.74, 6) is 2.24. The average Bonchev–Trinajstić information content (AvgIpc) is 2.33. The van der Waals surface area contributed by atoms with E-state index < -0.39 is 0 Å². The van der Waals surface area contributed by atoms with Gasteiger partial charge < -0.3 is 10.1 Å². The van der Waals surface area contributed by atoms with Gasteiger partial charge in [0.2, 0.25) is 5.88 Å². The molecule has 1 aliphatic rings. The van der Waals surface area contributed by atoms with Crippen LogP contribution in [0.25, 0.3) is 0 Å². The largest absolute Gasteiger partial charge is 0.478 e. The molecule has 1 heterocycles. The molecule has 94 valence electrons. The van der Waals surface area contributed by atoms with Gasteiger partial charge in [0.1, 0.15) is 12.1 Å². The smallest absolute Gasteiger partial charge is 0.218 e. The van der Waals surface area contributed by atoms with E-state index in [-0.39, 0.29) is 0 Å². The minimum Gasteiger partial charge on any atom is -0.478 e. The summed E-state index contributed by atoms with van der Waals surface area (Å²) < 4.78 is 5.37. The second-order valence-electron chi connectivity index (χ2n) is 4.69. The normalized spacial score (nSPS) is 24.4. The first-order valence-corrected chi connectivity index (χ1v) is 6.51. The highest BCUT2D eigenvalue weighted by atomic mass is 16.5. The molecular formula is C13H21N3O. The molecule has 17 heavy (non-hydrogen) atoms. The van der Waals surface area contributed by atoms with Crippen molar-refractivity contribution in [2.24, 2.45) is 5.92 Å². The molecule has 0 spiro atoms. The van der Waals surface area contributed by atoms with E-state index in [0.717, 1.165) is 5.82 Å². The van der Waals surface area contributed by atoms with E-state index in [2.05, 4.69) is 22.2 Å². The molecule has 4 nitrogen and oxygen atoms in total. The lowest BCUT2D eigenvalue weighted by molar-refractivity contribution is 0.325. The molecule has 1 fully saturated rings. The molecule has 1 saturated carbocycles. The molecule has 1 aromatic heterocycles. The van der Waals surface area contributed by atoms with Crippen LogP contribution in [0.5, 0.6) is 5.88 Å². The SMILES string of the molecule is CCOc1cc(NC2CCCCC2C)ncn1. The number of nitrogens with one attached hydrogen (secondary N) is 1. The van der Waals surface area contributed by atoms with Crippen molar-refractivity contribution in [3.8, 4) is 5.88 Å². The maximum atomic E-state index is 5.37. The Bertz CT molecular complexity index is 356. The molecule has 2 atom stereocenters. The van der Waals surface area contributed by atoms with Crippen LogP contribution >= 0.6 is 0 Å². The lowest BCUT2D eigenvalue weighted by atomic mass is 9.86. The molecule has 4 heteroatoms. The molecule has 1 aromatic rings. The molecule has 0 aromatic carbocycles. The molecule has 0 radical (unpaired) electrons. The first kappa shape index (κ1) is 12.1. The van der Waals surface area contributed by atoms with Crippen molar-refractivity contribution in [2.75, 3.05) is 11.9 Å². The zero-order valence-corrected chi connectivity index (χ0v) is 10.6. The fourth-order valence-electron chi connectivity index (χ4n) is 2.37. The van der Waals surface area contributed by atoms with Crippen LogP contribution in [-0.4, -0.2) is 22.6 Å². The first-order valence-electron chi connectivity index (χ1n) is 6.51. The van der Waals surface area contributed by atoms with Gasteiger partial charge in [0, 0.05) is 12.1 Å². The van der Waals surface area contributed by atoms with Crippen LogP contribution in [0.1, 0.15) is 39.5 Å². The Kier molecular flexibility index (Phi) is 4.18. The van der Waals surface area contributed by atoms with E-state index in [1.54, 1.807) is 6.33 Å². The van der Waals surface area contributed by atoms with Crippen molar-refractivity contribution in [1.82, 2.24) is 9.97 Å². The number of rotatable bonds is 4. The summed E-state index contributed by atoms with van der Waals surface area (Å²) >= 11 is 0. The number of hydrogen-bond acceptors (Lipinski definition) is 4. The van der Waals surface area contributed by atoms with Gasteiger partial charge in [0.15, 0.2) is 0 Å². The first-order chi connectivity index (χ1) is 8.29. The Morgan fingerprint density at radius 1 is 1.35 bits per heavy atom. The number of hydrogen-bond donors (Lipinski definition) is 1. The number of anilines is 1. The maximum absolute atomic E-state index is 5.37. The van der Waals surface area contributed by atoms with E-state index in [1.165, 1.54) is 25.7 Å². The third-order valence-electron chi connectivity index (χ3n) is 3.38. The maximum Gasteiger partial charge on any atom is 0.218 e. The highest BCUT2D eigenvalue weighted by molar-refractivity contribution is 5.38. The van der Waals surface area contributed by atoms with Crippen molar-refractivity contribution in [2.45, 2.75) is 45.6 Å². The van der Waals surface area contributed by atoms with E-state index >= 15 is 0 Å². The van der Waals surface area contributed by atoms with Gasteiger partial charge in [0.25, 0.3) is 0 Å². The third-order valence-corrected chi connectivity index (χ3v) is 3.38. The quantitative estimate of drug-likeness (QED) is 0.871. The summed E-state index contributed by atoms with van der Waals surface area (Å²) in [5, 5.41) is 3.50. The molecule has 0 amide bonds. The summed E-state index contributed by atoms with van der Waals surface area (Å²) in [6, 6.07) is 2.42. The van der Waals surface area contributed by atoms with E-state index in [4.69, 9.17) is 4.74 Å². The molecule has 0 aliphatic heterocycles. The third kappa shape index (κ3) is 3.32.